The second-order valence-corrected chi connectivity index (χ2v) is 4.22. The molecule has 13 heavy (non-hydrogen) atoms. The van der Waals surface area contributed by atoms with Crippen LogP contribution in [-0.4, -0.2) is 0 Å². The first-order valence-corrected chi connectivity index (χ1v) is 4.80. The normalized spacial score (nSPS) is 17.9. The molecule has 0 unspecified atom stereocenters. The van der Waals surface area contributed by atoms with E-state index in [1.165, 1.54) is 0 Å². The first kappa shape index (κ1) is 8.87. The molecule has 1 aliphatic carbocycles. The highest BCUT2D eigenvalue weighted by Gasteiger charge is 2.45. The molecule has 0 aromatic heterocycles. The molecule has 1 aliphatic rings. The summed E-state index contributed by atoms with van der Waals surface area (Å²) in [6.07, 6.45) is 1.83. The summed E-state index contributed by atoms with van der Waals surface area (Å²) < 4.78 is 0. The van der Waals surface area contributed by atoms with Crippen LogP contribution in [0.2, 0.25) is 10.0 Å². The Labute approximate surface area is 86.9 Å². The van der Waals surface area contributed by atoms with E-state index in [9.17, 15) is 0 Å². The van der Waals surface area contributed by atoms with E-state index in [1.807, 2.05) is 12.1 Å². The van der Waals surface area contributed by atoms with Crippen LogP contribution < -0.4 is 0 Å². The van der Waals surface area contributed by atoms with Crippen LogP contribution >= 0.6 is 23.2 Å². The second kappa shape index (κ2) is 2.90. The molecule has 0 amide bonds. The Hall–Kier alpha value is -0.710. The molecule has 0 heterocycles. The molecule has 1 aromatic rings. The zero-order valence-electron chi connectivity index (χ0n) is 6.85. The number of hydrogen-bond donors (Lipinski definition) is 0. The Morgan fingerprint density at radius 3 is 2.08 bits per heavy atom. The number of nitrogens with zero attached hydrogens (tertiary/aromatic N) is 1. The minimum absolute atomic E-state index is 0.297. The van der Waals surface area contributed by atoms with E-state index in [4.69, 9.17) is 28.5 Å². The minimum atomic E-state index is -0.297. The molecule has 0 atom stereocenters. The predicted octanol–water partition coefficient (Wildman–Crippen LogP) is 3.55. The van der Waals surface area contributed by atoms with Crippen LogP contribution in [0.25, 0.3) is 0 Å². The molecule has 1 aromatic carbocycles. The van der Waals surface area contributed by atoms with E-state index in [1.54, 1.807) is 6.07 Å². The highest BCUT2D eigenvalue weighted by atomic mass is 35.5. The smallest absolute Gasteiger partial charge is 0.0824 e. The maximum atomic E-state index is 8.96. The molecule has 0 radical (unpaired) electrons. The van der Waals surface area contributed by atoms with Crippen molar-refractivity contribution in [2.24, 2.45) is 0 Å². The van der Waals surface area contributed by atoms with Gasteiger partial charge in [-0.2, -0.15) is 5.26 Å². The summed E-state index contributed by atoms with van der Waals surface area (Å²) in [4.78, 5) is 0. The van der Waals surface area contributed by atoms with Gasteiger partial charge in [-0.25, -0.2) is 0 Å². The van der Waals surface area contributed by atoms with E-state index in [0.717, 1.165) is 18.4 Å². The van der Waals surface area contributed by atoms with Gasteiger partial charge in [0.15, 0.2) is 0 Å². The van der Waals surface area contributed by atoms with Gasteiger partial charge in [0.25, 0.3) is 0 Å². The molecule has 1 saturated carbocycles. The summed E-state index contributed by atoms with van der Waals surface area (Å²) in [6, 6.07) is 7.63. The molecular formula is C10H7Cl2N. The van der Waals surface area contributed by atoms with Crippen molar-refractivity contribution < 1.29 is 0 Å². The number of nitriles is 1. The molecule has 1 nitrogen and oxygen atoms in total. The van der Waals surface area contributed by atoms with Gasteiger partial charge in [-0.1, -0.05) is 23.2 Å². The van der Waals surface area contributed by atoms with Gasteiger partial charge < -0.3 is 0 Å². The van der Waals surface area contributed by atoms with Crippen LogP contribution in [0.5, 0.6) is 0 Å². The third-order valence-electron chi connectivity index (χ3n) is 2.38. The Morgan fingerprint density at radius 2 is 1.69 bits per heavy atom. The molecule has 1 fully saturated rings. The van der Waals surface area contributed by atoms with E-state index < -0.39 is 0 Å². The van der Waals surface area contributed by atoms with Crippen LogP contribution in [0, 0.1) is 11.3 Å². The van der Waals surface area contributed by atoms with Crippen molar-refractivity contribution in [1.82, 2.24) is 0 Å². The van der Waals surface area contributed by atoms with E-state index >= 15 is 0 Å². The third kappa shape index (κ3) is 1.52. The lowest BCUT2D eigenvalue weighted by Crippen LogP contribution is -2.01. The van der Waals surface area contributed by atoms with Gasteiger partial charge >= 0.3 is 0 Å². The fourth-order valence-corrected chi connectivity index (χ4v) is 1.95. The van der Waals surface area contributed by atoms with Crippen LogP contribution in [-0.2, 0) is 5.41 Å². The van der Waals surface area contributed by atoms with Crippen molar-refractivity contribution >= 4 is 23.2 Å². The van der Waals surface area contributed by atoms with Gasteiger partial charge in [0.2, 0.25) is 0 Å². The second-order valence-electron chi connectivity index (χ2n) is 3.35. The maximum Gasteiger partial charge on any atom is 0.0824 e. The van der Waals surface area contributed by atoms with E-state index in [-0.39, 0.29) is 5.41 Å². The monoisotopic (exact) mass is 211 g/mol. The fraction of sp³-hybridized carbons (Fsp3) is 0.300. The van der Waals surface area contributed by atoms with Gasteiger partial charge in [0, 0.05) is 10.0 Å². The van der Waals surface area contributed by atoms with Crippen molar-refractivity contribution in [3.63, 3.8) is 0 Å². The number of rotatable bonds is 1. The lowest BCUT2D eigenvalue weighted by Gasteiger charge is -2.06. The summed E-state index contributed by atoms with van der Waals surface area (Å²) in [5.74, 6) is 0. The molecule has 0 aliphatic heterocycles. The molecular weight excluding hydrogens is 205 g/mol. The predicted molar refractivity (Wildman–Crippen MR) is 53.0 cm³/mol. The first-order valence-electron chi connectivity index (χ1n) is 4.04. The van der Waals surface area contributed by atoms with Crippen molar-refractivity contribution in [2.75, 3.05) is 0 Å². The number of benzene rings is 1. The Kier molecular flexibility index (Phi) is 1.98. The highest BCUT2D eigenvalue weighted by molar-refractivity contribution is 6.34. The van der Waals surface area contributed by atoms with Gasteiger partial charge in [-0.15, -0.1) is 0 Å². The zero-order valence-corrected chi connectivity index (χ0v) is 8.36. The first-order chi connectivity index (χ1) is 6.16. The summed E-state index contributed by atoms with van der Waals surface area (Å²) in [5, 5.41) is 10.2. The number of halogens is 2. The number of hydrogen-bond acceptors (Lipinski definition) is 1. The van der Waals surface area contributed by atoms with Gasteiger partial charge in [0.05, 0.1) is 11.5 Å². The average molecular weight is 212 g/mol. The SMILES string of the molecule is N#CC1(c2cc(Cl)cc(Cl)c2)CC1. The van der Waals surface area contributed by atoms with E-state index in [0.29, 0.717) is 10.0 Å². The minimum Gasteiger partial charge on any atom is -0.197 e. The van der Waals surface area contributed by atoms with Crippen LogP contribution in [0.1, 0.15) is 18.4 Å². The zero-order chi connectivity index (χ0) is 9.47. The molecule has 66 valence electrons. The lowest BCUT2D eigenvalue weighted by molar-refractivity contribution is 0.909. The maximum absolute atomic E-state index is 8.96. The summed E-state index contributed by atoms with van der Waals surface area (Å²) in [6.45, 7) is 0. The van der Waals surface area contributed by atoms with Gasteiger partial charge in [-0.3, -0.25) is 0 Å². The molecule has 3 heteroatoms. The standard InChI is InChI=1S/C10H7Cl2N/c11-8-3-7(4-9(12)5-8)10(6-13)1-2-10/h3-5H,1-2H2. The van der Waals surface area contributed by atoms with Gasteiger partial charge in [-0.05, 0) is 36.6 Å². The topological polar surface area (TPSA) is 23.8 Å². The van der Waals surface area contributed by atoms with Crippen molar-refractivity contribution in [3.05, 3.63) is 33.8 Å². The summed E-state index contributed by atoms with van der Waals surface area (Å²) in [5.41, 5.74) is 0.654. The fourth-order valence-electron chi connectivity index (χ4n) is 1.42. The Balaban J connectivity index is 2.48. The van der Waals surface area contributed by atoms with E-state index in [2.05, 4.69) is 6.07 Å². The van der Waals surface area contributed by atoms with Crippen molar-refractivity contribution in [3.8, 4) is 6.07 Å². The average Bonchev–Trinajstić information content (AvgIpc) is 2.82. The van der Waals surface area contributed by atoms with Crippen LogP contribution in [0.3, 0.4) is 0 Å². The molecule has 0 saturated heterocycles. The Morgan fingerprint density at radius 1 is 1.15 bits per heavy atom. The molecule has 0 bridgehead atoms. The third-order valence-corrected chi connectivity index (χ3v) is 2.82. The molecule has 0 N–H and O–H groups in total. The Bertz CT molecular complexity index is 368. The lowest BCUT2D eigenvalue weighted by atomic mass is 9.98. The van der Waals surface area contributed by atoms with Crippen molar-refractivity contribution in [1.29, 1.82) is 5.26 Å². The van der Waals surface area contributed by atoms with Gasteiger partial charge in [0.1, 0.15) is 0 Å². The largest absolute Gasteiger partial charge is 0.197 e. The van der Waals surface area contributed by atoms with Crippen LogP contribution in [0.4, 0.5) is 0 Å². The molecule has 0 spiro atoms. The highest BCUT2D eigenvalue weighted by Crippen LogP contribution is 2.48. The van der Waals surface area contributed by atoms with Crippen molar-refractivity contribution in [2.45, 2.75) is 18.3 Å². The quantitative estimate of drug-likeness (QED) is 0.698. The summed E-state index contributed by atoms with van der Waals surface area (Å²) in [7, 11) is 0. The van der Waals surface area contributed by atoms with Crippen LogP contribution in [0.15, 0.2) is 18.2 Å². The molecule has 2 rings (SSSR count). The summed E-state index contributed by atoms with van der Waals surface area (Å²) >= 11 is 11.7.